The van der Waals surface area contributed by atoms with E-state index in [9.17, 15) is 4.79 Å². The van der Waals surface area contributed by atoms with Crippen molar-refractivity contribution < 1.29 is 20.0 Å². The Balaban J connectivity index is 1.53. The number of aliphatic hydroxyl groups is 1. The highest BCUT2D eigenvalue weighted by Gasteiger charge is 2.25. The maximum Gasteiger partial charge on any atom is 0.248 e. The van der Waals surface area contributed by atoms with E-state index in [1.807, 2.05) is 18.2 Å². The molecule has 10 nitrogen and oxygen atoms in total. The van der Waals surface area contributed by atoms with Gasteiger partial charge in [0.15, 0.2) is 6.21 Å². The molecule has 0 saturated carbocycles. The Labute approximate surface area is 207 Å². The van der Waals surface area contributed by atoms with Crippen LogP contribution in [0.4, 0.5) is 11.6 Å². The van der Waals surface area contributed by atoms with E-state index < -0.39 is 6.61 Å². The smallest absolute Gasteiger partial charge is 0.248 e. The number of carbonyl (C=O) groups is 1. The van der Waals surface area contributed by atoms with Crippen LogP contribution >= 0.6 is 11.3 Å². The number of aliphatic hydroxyl groups excluding tert-OH is 1. The monoisotopic (exact) mass is 496 g/mol. The quantitative estimate of drug-likeness (QED) is 0.310. The average Bonchev–Trinajstić information content (AvgIpc) is 3.31. The number of nitrogens with two attached hydrogens (primary N) is 2. The molecule has 0 spiro atoms. The summed E-state index contributed by atoms with van der Waals surface area (Å²) in [5.41, 5.74) is 11.4. The SMILES string of the molecule is Nc1cccc(-c2nc(N3CCOCC3)nc3c(CN4CCN(C(=O)CO)CC4)csc23)c1C=[NH2+]. The topological polar surface area (TPSA) is 134 Å². The number of morpholine rings is 1. The molecule has 3 aromatic rings. The van der Waals surface area contributed by atoms with E-state index in [0.717, 1.165) is 65.3 Å². The number of thiophene rings is 1. The molecule has 0 radical (unpaired) electrons. The van der Waals surface area contributed by atoms with Crippen LogP contribution in [0, 0.1) is 0 Å². The van der Waals surface area contributed by atoms with Gasteiger partial charge in [0.25, 0.3) is 0 Å². The van der Waals surface area contributed by atoms with Gasteiger partial charge in [-0.3, -0.25) is 15.1 Å². The maximum atomic E-state index is 11.8. The van der Waals surface area contributed by atoms with Gasteiger partial charge in [-0.15, -0.1) is 11.3 Å². The molecule has 0 unspecified atom stereocenters. The van der Waals surface area contributed by atoms with Crippen molar-refractivity contribution in [3.63, 3.8) is 0 Å². The van der Waals surface area contributed by atoms with Gasteiger partial charge in [-0.05, 0) is 11.4 Å². The third kappa shape index (κ3) is 4.72. The molecule has 1 amide bonds. The molecule has 2 aromatic heterocycles. The summed E-state index contributed by atoms with van der Waals surface area (Å²) in [6.45, 7) is 5.76. The number of anilines is 2. The number of nitrogen functional groups attached to an aromatic ring is 1. The van der Waals surface area contributed by atoms with Crippen molar-refractivity contribution in [2.75, 3.05) is 69.7 Å². The summed E-state index contributed by atoms with van der Waals surface area (Å²) in [6, 6.07) is 5.75. The predicted molar refractivity (Wildman–Crippen MR) is 136 cm³/mol. The molecule has 0 atom stereocenters. The van der Waals surface area contributed by atoms with Crippen molar-refractivity contribution in [1.82, 2.24) is 19.8 Å². The number of benzene rings is 1. The van der Waals surface area contributed by atoms with E-state index >= 15 is 0 Å². The number of ether oxygens (including phenoxy) is 1. The molecule has 184 valence electrons. The second kappa shape index (κ2) is 10.2. The summed E-state index contributed by atoms with van der Waals surface area (Å²) in [6.07, 6.45) is 1.54. The zero-order chi connectivity index (χ0) is 24.4. The molecule has 2 aliphatic heterocycles. The zero-order valence-electron chi connectivity index (χ0n) is 19.5. The van der Waals surface area contributed by atoms with Gasteiger partial charge in [0.05, 0.1) is 34.7 Å². The Morgan fingerprint density at radius 3 is 2.66 bits per heavy atom. The van der Waals surface area contributed by atoms with E-state index in [2.05, 4.69) is 15.2 Å². The highest BCUT2D eigenvalue weighted by Crippen LogP contribution is 2.37. The second-order valence-electron chi connectivity index (χ2n) is 8.70. The van der Waals surface area contributed by atoms with Crippen LogP contribution < -0.4 is 16.0 Å². The molecule has 0 aliphatic carbocycles. The van der Waals surface area contributed by atoms with Crippen molar-refractivity contribution >= 4 is 45.3 Å². The van der Waals surface area contributed by atoms with Gasteiger partial charge in [-0.1, -0.05) is 12.1 Å². The zero-order valence-corrected chi connectivity index (χ0v) is 20.3. The highest BCUT2D eigenvalue weighted by molar-refractivity contribution is 7.17. The Morgan fingerprint density at radius 2 is 1.94 bits per heavy atom. The molecular weight excluding hydrogens is 466 g/mol. The standard InChI is InChI=1S/C24H29N7O3S/c25-12-18-17(2-1-3-19(18)26)22-23-21(27-24(28-22)31-8-10-34-11-9-31)16(15-35-23)13-29-4-6-30(7-5-29)20(33)14-32/h1-3,12,15,25,32H,4-11,13-14,26H2/p+1. The van der Waals surface area contributed by atoms with E-state index in [1.165, 1.54) is 6.21 Å². The fourth-order valence-corrected chi connectivity index (χ4v) is 5.63. The van der Waals surface area contributed by atoms with Crippen LogP contribution in [-0.4, -0.2) is 96.1 Å². The van der Waals surface area contributed by atoms with Gasteiger partial charge in [0.1, 0.15) is 6.61 Å². The first kappa shape index (κ1) is 23.6. The largest absolute Gasteiger partial charge is 0.398 e. The molecule has 0 bridgehead atoms. The Bertz CT molecular complexity index is 1230. The molecule has 5 N–H and O–H groups in total. The van der Waals surface area contributed by atoms with E-state index in [-0.39, 0.29) is 5.91 Å². The summed E-state index contributed by atoms with van der Waals surface area (Å²) < 4.78 is 6.53. The lowest BCUT2D eigenvalue weighted by molar-refractivity contribution is -0.136. The first-order valence-corrected chi connectivity index (χ1v) is 12.6. The third-order valence-electron chi connectivity index (χ3n) is 6.59. The van der Waals surface area contributed by atoms with Crippen LogP contribution in [0.1, 0.15) is 11.1 Å². The van der Waals surface area contributed by atoms with Crippen molar-refractivity contribution in [2.24, 2.45) is 0 Å². The second-order valence-corrected chi connectivity index (χ2v) is 9.58. The van der Waals surface area contributed by atoms with Crippen molar-refractivity contribution in [3.8, 4) is 11.3 Å². The van der Waals surface area contributed by atoms with E-state index in [0.29, 0.717) is 37.9 Å². The molecule has 35 heavy (non-hydrogen) atoms. The third-order valence-corrected chi connectivity index (χ3v) is 7.61. The van der Waals surface area contributed by atoms with Gasteiger partial charge in [0, 0.05) is 62.6 Å². The number of amides is 1. The Hall–Kier alpha value is -3.12. The Kier molecular flexibility index (Phi) is 6.91. The van der Waals surface area contributed by atoms with Gasteiger partial charge >= 0.3 is 0 Å². The molecule has 1 aromatic carbocycles. The fourth-order valence-electron chi connectivity index (χ4n) is 4.63. The van der Waals surface area contributed by atoms with E-state index in [1.54, 1.807) is 16.2 Å². The summed E-state index contributed by atoms with van der Waals surface area (Å²) in [5, 5.41) is 17.3. The lowest BCUT2D eigenvalue weighted by Crippen LogP contribution is -2.49. The molecule has 2 saturated heterocycles. The van der Waals surface area contributed by atoms with Gasteiger partial charge in [-0.25, -0.2) is 9.97 Å². The first-order valence-electron chi connectivity index (χ1n) is 11.7. The molecule has 5 rings (SSSR count). The van der Waals surface area contributed by atoms with Crippen molar-refractivity contribution in [2.45, 2.75) is 6.54 Å². The summed E-state index contributed by atoms with van der Waals surface area (Å²) >= 11 is 1.63. The van der Waals surface area contributed by atoms with Crippen LogP contribution in [0.25, 0.3) is 21.5 Å². The predicted octanol–water partition coefficient (Wildman–Crippen LogP) is -0.408. The summed E-state index contributed by atoms with van der Waals surface area (Å²) in [4.78, 5) is 28.0. The molecule has 2 aliphatic rings. The van der Waals surface area contributed by atoms with Crippen LogP contribution in [0.15, 0.2) is 23.6 Å². The lowest BCUT2D eigenvalue weighted by Gasteiger charge is -2.34. The van der Waals surface area contributed by atoms with Crippen LogP contribution in [-0.2, 0) is 16.1 Å². The normalized spacial score (nSPS) is 17.2. The number of carbonyl (C=O) groups excluding carboxylic acids is 1. The summed E-state index contributed by atoms with van der Waals surface area (Å²) in [5.74, 6) is 0.465. The minimum absolute atomic E-state index is 0.215. The van der Waals surface area contributed by atoms with Gasteiger partial charge in [-0.2, -0.15) is 0 Å². The number of fused-ring (bicyclic) bond motifs is 1. The number of hydrogen-bond acceptors (Lipinski definition) is 9. The fraction of sp³-hybridized carbons (Fsp3) is 0.417. The highest BCUT2D eigenvalue weighted by atomic mass is 32.1. The molecular formula is C24H30N7O3S+. The van der Waals surface area contributed by atoms with E-state index in [4.69, 9.17) is 31.0 Å². The number of rotatable bonds is 6. The number of aromatic nitrogens is 2. The molecule has 11 heteroatoms. The van der Waals surface area contributed by atoms with Crippen LogP contribution in [0.2, 0.25) is 0 Å². The van der Waals surface area contributed by atoms with Crippen molar-refractivity contribution in [1.29, 1.82) is 0 Å². The number of nitrogens with zero attached hydrogens (tertiary/aromatic N) is 5. The van der Waals surface area contributed by atoms with Gasteiger partial charge < -0.3 is 25.4 Å². The summed E-state index contributed by atoms with van der Waals surface area (Å²) in [7, 11) is 0. The lowest BCUT2D eigenvalue weighted by atomic mass is 10.0. The minimum atomic E-state index is -0.439. The number of hydrogen-bond donors (Lipinski definition) is 3. The molecule has 4 heterocycles. The van der Waals surface area contributed by atoms with Crippen LogP contribution in [0.3, 0.4) is 0 Å². The Morgan fingerprint density at radius 1 is 1.17 bits per heavy atom. The van der Waals surface area contributed by atoms with Gasteiger partial charge in [0.2, 0.25) is 11.9 Å². The first-order chi connectivity index (χ1) is 17.1. The van der Waals surface area contributed by atoms with Crippen molar-refractivity contribution in [3.05, 3.63) is 34.7 Å². The van der Waals surface area contributed by atoms with Crippen LogP contribution in [0.5, 0.6) is 0 Å². The number of piperazine rings is 1. The average molecular weight is 497 g/mol. The molecule has 2 fully saturated rings. The minimum Gasteiger partial charge on any atom is -0.398 e. The maximum absolute atomic E-state index is 11.8.